The van der Waals surface area contributed by atoms with Crippen LogP contribution in [0, 0.1) is 0 Å². The topological polar surface area (TPSA) is 56.1 Å². The van der Waals surface area contributed by atoms with E-state index >= 15 is 0 Å². The van der Waals surface area contributed by atoms with Gasteiger partial charge in [-0.25, -0.2) is 0 Å². The van der Waals surface area contributed by atoms with E-state index in [2.05, 4.69) is 10.4 Å². The smallest absolute Gasteiger partial charge is 0.244 e. The van der Waals surface area contributed by atoms with Gasteiger partial charge in [-0.1, -0.05) is 30.3 Å². The number of aromatic nitrogens is 2. The number of nitrogens with one attached hydrogen (secondary N) is 1. The highest BCUT2D eigenvalue weighted by Gasteiger charge is 2.15. The van der Waals surface area contributed by atoms with Crippen molar-refractivity contribution >= 4 is 5.91 Å². The molecule has 2 aromatic rings. The van der Waals surface area contributed by atoms with Crippen LogP contribution in [0.4, 0.5) is 0 Å². The average molecular weight is 287 g/mol. The third kappa shape index (κ3) is 4.16. The summed E-state index contributed by atoms with van der Waals surface area (Å²) in [6, 6.07) is 9.67. The lowest BCUT2D eigenvalue weighted by molar-refractivity contribution is -0.124. The summed E-state index contributed by atoms with van der Waals surface area (Å²) in [7, 11) is 1.65. The zero-order valence-electron chi connectivity index (χ0n) is 12.5. The summed E-state index contributed by atoms with van der Waals surface area (Å²) < 4.78 is 6.64. The van der Waals surface area contributed by atoms with Crippen LogP contribution in [0.2, 0.25) is 0 Å². The molecule has 0 aliphatic heterocycles. The fraction of sp³-hybridized carbons (Fsp3) is 0.375. The Bertz CT molecular complexity index is 566. The number of hydrogen-bond donors (Lipinski definition) is 1. The largest absolute Gasteiger partial charge is 0.385 e. The number of methoxy groups -OCH3 is 1. The molecule has 0 aliphatic rings. The molecule has 21 heavy (non-hydrogen) atoms. The molecule has 1 amide bonds. The molecule has 0 bridgehead atoms. The molecule has 1 heterocycles. The number of carbonyl (C=O) groups excluding carboxylic acids is 1. The summed E-state index contributed by atoms with van der Waals surface area (Å²) in [6.45, 7) is 3.10. The normalized spacial score (nSPS) is 12.1. The number of rotatable bonds is 7. The Balaban J connectivity index is 1.95. The van der Waals surface area contributed by atoms with Gasteiger partial charge in [0.1, 0.15) is 6.04 Å². The van der Waals surface area contributed by atoms with Crippen LogP contribution in [0.25, 0.3) is 11.1 Å². The van der Waals surface area contributed by atoms with Crippen molar-refractivity contribution in [1.29, 1.82) is 0 Å². The van der Waals surface area contributed by atoms with E-state index in [1.165, 1.54) is 0 Å². The molecule has 0 spiro atoms. The molecule has 1 atom stereocenters. The molecule has 5 nitrogen and oxygen atoms in total. The lowest BCUT2D eigenvalue weighted by Crippen LogP contribution is -2.32. The van der Waals surface area contributed by atoms with E-state index in [0.29, 0.717) is 13.2 Å². The van der Waals surface area contributed by atoms with E-state index < -0.39 is 0 Å². The average Bonchev–Trinajstić information content (AvgIpc) is 3.01. The molecule has 1 aromatic carbocycles. The van der Waals surface area contributed by atoms with Gasteiger partial charge in [0.25, 0.3) is 0 Å². The number of nitrogens with zero attached hydrogens (tertiary/aromatic N) is 2. The van der Waals surface area contributed by atoms with Crippen molar-refractivity contribution in [2.75, 3.05) is 20.3 Å². The number of benzene rings is 1. The van der Waals surface area contributed by atoms with Crippen molar-refractivity contribution in [2.45, 2.75) is 19.4 Å². The van der Waals surface area contributed by atoms with Crippen LogP contribution in [0.1, 0.15) is 19.4 Å². The predicted molar refractivity (Wildman–Crippen MR) is 81.9 cm³/mol. The first kappa shape index (κ1) is 15.3. The number of ether oxygens (including phenoxy) is 1. The first-order valence-corrected chi connectivity index (χ1v) is 7.08. The third-order valence-electron chi connectivity index (χ3n) is 3.31. The van der Waals surface area contributed by atoms with E-state index in [-0.39, 0.29) is 11.9 Å². The van der Waals surface area contributed by atoms with Crippen LogP contribution >= 0.6 is 0 Å². The Morgan fingerprint density at radius 1 is 1.33 bits per heavy atom. The zero-order chi connectivity index (χ0) is 15.1. The van der Waals surface area contributed by atoms with Crippen LogP contribution in [0.3, 0.4) is 0 Å². The molecular weight excluding hydrogens is 266 g/mol. The highest BCUT2D eigenvalue weighted by atomic mass is 16.5. The van der Waals surface area contributed by atoms with Gasteiger partial charge >= 0.3 is 0 Å². The Kier molecular flexibility index (Phi) is 5.51. The molecule has 0 radical (unpaired) electrons. The monoisotopic (exact) mass is 287 g/mol. The summed E-state index contributed by atoms with van der Waals surface area (Å²) in [5.74, 6) is -0.0335. The second-order valence-electron chi connectivity index (χ2n) is 4.89. The van der Waals surface area contributed by atoms with Crippen molar-refractivity contribution in [2.24, 2.45) is 0 Å². The van der Waals surface area contributed by atoms with Gasteiger partial charge in [0.2, 0.25) is 5.91 Å². The van der Waals surface area contributed by atoms with Gasteiger partial charge in [-0.05, 0) is 18.9 Å². The Morgan fingerprint density at radius 2 is 2.10 bits per heavy atom. The molecular formula is C16H21N3O2. The minimum atomic E-state index is -0.329. The summed E-state index contributed by atoms with van der Waals surface area (Å²) in [5.41, 5.74) is 2.10. The summed E-state index contributed by atoms with van der Waals surface area (Å²) in [6.07, 6.45) is 4.49. The maximum Gasteiger partial charge on any atom is 0.244 e. The molecule has 0 saturated heterocycles. The third-order valence-corrected chi connectivity index (χ3v) is 3.31. The van der Waals surface area contributed by atoms with Gasteiger partial charge in [-0.2, -0.15) is 5.10 Å². The van der Waals surface area contributed by atoms with Crippen molar-refractivity contribution in [3.8, 4) is 11.1 Å². The standard InChI is InChI=1S/C16H21N3O2/c1-13(16(20)17-9-6-10-21-2)19-12-15(11-18-19)14-7-4-3-5-8-14/h3-5,7-8,11-13H,6,9-10H2,1-2H3,(H,17,20). The van der Waals surface area contributed by atoms with Gasteiger partial charge in [-0.15, -0.1) is 0 Å². The van der Waals surface area contributed by atoms with E-state index in [1.807, 2.05) is 43.5 Å². The molecule has 2 rings (SSSR count). The lowest BCUT2D eigenvalue weighted by Gasteiger charge is -2.12. The maximum absolute atomic E-state index is 12.0. The maximum atomic E-state index is 12.0. The number of amides is 1. The summed E-state index contributed by atoms with van der Waals surface area (Å²) in [4.78, 5) is 12.0. The highest BCUT2D eigenvalue weighted by Crippen LogP contribution is 2.19. The van der Waals surface area contributed by atoms with Crippen LogP contribution in [-0.4, -0.2) is 35.9 Å². The fourth-order valence-electron chi connectivity index (χ4n) is 2.03. The van der Waals surface area contributed by atoms with Crippen molar-refractivity contribution in [3.63, 3.8) is 0 Å². The van der Waals surface area contributed by atoms with Crippen molar-refractivity contribution < 1.29 is 9.53 Å². The minimum absolute atomic E-state index is 0.0335. The first-order valence-electron chi connectivity index (χ1n) is 7.08. The van der Waals surface area contributed by atoms with E-state index in [0.717, 1.165) is 17.5 Å². The Labute approximate surface area is 124 Å². The van der Waals surface area contributed by atoms with Crippen molar-refractivity contribution in [3.05, 3.63) is 42.7 Å². The quantitative estimate of drug-likeness (QED) is 0.795. The van der Waals surface area contributed by atoms with Crippen LogP contribution in [0.15, 0.2) is 42.7 Å². The molecule has 5 heteroatoms. The summed E-state index contributed by atoms with van der Waals surface area (Å²) >= 11 is 0. The molecule has 0 saturated carbocycles. The van der Waals surface area contributed by atoms with E-state index in [9.17, 15) is 4.79 Å². The molecule has 0 fully saturated rings. The number of hydrogen-bond acceptors (Lipinski definition) is 3. The molecule has 1 N–H and O–H groups in total. The lowest BCUT2D eigenvalue weighted by atomic mass is 10.1. The van der Waals surface area contributed by atoms with Gasteiger partial charge in [-0.3, -0.25) is 9.48 Å². The van der Waals surface area contributed by atoms with E-state index in [4.69, 9.17) is 4.74 Å². The summed E-state index contributed by atoms with van der Waals surface area (Å²) in [5, 5.41) is 7.17. The molecule has 0 aliphatic carbocycles. The van der Waals surface area contributed by atoms with Gasteiger partial charge in [0, 0.05) is 32.0 Å². The predicted octanol–water partition coefficient (Wildman–Crippen LogP) is 2.26. The van der Waals surface area contributed by atoms with Gasteiger partial charge in [0.15, 0.2) is 0 Å². The first-order chi connectivity index (χ1) is 10.2. The molecule has 1 aromatic heterocycles. The second kappa shape index (κ2) is 7.59. The fourth-order valence-corrected chi connectivity index (χ4v) is 2.03. The van der Waals surface area contributed by atoms with Gasteiger partial charge in [0.05, 0.1) is 6.20 Å². The Morgan fingerprint density at radius 3 is 2.81 bits per heavy atom. The van der Waals surface area contributed by atoms with Gasteiger partial charge < -0.3 is 10.1 Å². The van der Waals surface area contributed by atoms with E-state index in [1.54, 1.807) is 18.0 Å². The van der Waals surface area contributed by atoms with Crippen LogP contribution < -0.4 is 5.32 Å². The molecule has 1 unspecified atom stereocenters. The highest BCUT2D eigenvalue weighted by molar-refractivity contribution is 5.79. The Hall–Kier alpha value is -2.14. The van der Waals surface area contributed by atoms with Crippen LogP contribution in [-0.2, 0) is 9.53 Å². The molecule has 112 valence electrons. The minimum Gasteiger partial charge on any atom is -0.385 e. The van der Waals surface area contributed by atoms with Crippen molar-refractivity contribution in [1.82, 2.24) is 15.1 Å². The van der Waals surface area contributed by atoms with Crippen LogP contribution in [0.5, 0.6) is 0 Å². The SMILES string of the molecule is COCCCNC(=O)C(C)n1cc(-c2ccccc2)cn1. The zero-order valence-corrected chi connectivity index (χ0v) is 12.5. The second-order valence-corrected chi connectivity index (χ2v) is 4.89. The number of carbonyl (C=O) groups is 1.